The summed E-state index contributed by atoms with van der Waals surface area (Å²) in [6, 6.07) is 10.9. The number of carbonyl (C=O) groups excluding carboxylic acids is 2. The van der Waals surface area contributed by atoms with Crippen LogP contribution in [0, 0.1) is 17.0 Å². The summed E-state index contributed by atoms with van der Waals surface area (Å²) in [5, 5.41) is 22.1. The zero-order chi connectivity index (χ0) is 21.0. The minimum absolute atomic E-state index is 0.0511. The molecule has 3 rings (SSSR count). The fraction of sp³-hybridized carbons (Fsp3) is 0.150. The van der Waals surface area contributed by atoms with Crippen molar-refractivity contribution in [2.24, 2.45) is 4.99 Å². The van der Waals surface area contributed by atoms with Crippen LogP contribution in [0.3, 0.4) is 0 Å². The number of benzene rings is 2. The van der Waals surface area contributed by atoms with Gasteiger partial charge in [0.1, 0.15) is 0 Å². The summed E-state index contributed by atoms with van der Waals surface area (Å²) in [6.07, 6.45) is 2.89. The van der Waals surface area contributed by atoms with Crippen LogP contribution < -0.4 is 5.11 Å². The summed E-state index contributed by atoms with van der Waals surface area (Å²) in [7, 11) is 0. The number of carbonyl (C=O) groups is 2. The van der Waals surface area contributed by atoms with Crippen LogP contribution in [-0.4, -0.2) is 40.3 Å². The van der Waals surface area contributed by atoms with Gasteiger partial charge in [-0.05, 0) is 35.9 Å². The number of hydrogen-bond donors (Lipinski definition) is 0. The zero-order valence-corrected chi connectivity index (χ0v) is 16.2. The number of imide groups is 1. The van der Waals surface area contributed by atoms with Gasteiger partial charge in [-0.3, -0.25) is 29.6 Å². The molecule has 148 valence electrons. The number of non-ortho nitro benzene ring substituents is 1. The molecular formula is C20H16N3O5S-. The van der Waals surface area contributed by atoms with Crippen LogP contribution in [0.5, 0.6) is 5.75 Å². The van der Waals surface area contributed by atoms with E-state index in [-0.39, 0.29) is 29.6 Å². The molecule has 0 aromatic heterocycles. The van der Waals surface area contributed by atoms with Gasteiger partial charge in [0, 0.05) is 24.9 Å². The molecule has 1 aliphatic rings. The zero-order valence-electron chi connectivity index (χ0n) is 15.4. The van der Waals surface area contributed by atoms with Crippen molar-refractivity contribution >= 4 is 40.9 Å². The molecule has 2 aromatic carbocycles. The molecule has 0 bridgehead atoms. The van der Waals surface area contributed by atoms with Crippen LogP contribution in [0.15, 0.2) is 52.4 Å². The second-order valence-electron chi connectivity index (χ2n) is 6.26. The Balaban J connectivity index is 1.64. The van der Waals surface area contributed by atoms with Crippen molar-refractivity contribution in [1.82, 2.24) is 4.90 Å². The van der Waals surface area contributed by atoms with E-state index < -0.39 is 16.6 Å². The monoisotopic (exact) mass is 410 g/mol. The highest BCUT2D eigenvalue weighted by Gasteiger charge is 2.34. The molecule has 2 amide bonds. The standard InChI is InChI=1S/C20H17N3O5S/c1-13-2-4-14(5-3-13)10-18-19(25)22(20(26)29-18)9-8-21-12-15-11-16(23(27)28)6-7-17(15)24/h2-7,10-12,24H,8-9H2,1H3/p-1/b18-10-,21-12?. The minimum atomic E-state index is -0.600. The molecule has 0 spiro atoms. The Hall–Kier alpha value is -3.46. The van der Waals surface area contributed by atoms with E-state index in [9.17, 15) is 24.8 Å². The van der Waals surface area contributed by atoms with Gasteiger partial charge in [-0.25, -0.2) is 0 Å². The number of nitro benzene ring substituents is 1. The SMILES string of the molecule is Cc1ccc(/C=C2\SC(=O)N(CCN=Cc3cc([N+](=O)[O-])ccc3[O-])C2=O)cc1. The molecule has 0 atom stereocenters. The number of hydrogen-bond acceptors (Lipinski definition) is 7. The van der Waals surface area contributed by atoms with Gasteiger partial charge in [-0.1, -0.05) is 41.6 Å². The largest absolute Gasteiger partial charge is 0.872 e. The normalized spacial score (nSPS) is 15.6. The van der Waals surface area contributed by atoms with Crippen LogP contribution >= 0.6 is 11.8 Å². The fourth-order valence-electron chi connectivity index (χ4n) is 2.58. The number of nitro groups is 1. The van der Waals surface area contributed by atoms with Gasteiger partial charge in [-0.2, -0.15) is 0 Å². The second kappa shape index (κ2) is 8.70. The summed E-state index contributed by atoms with van der Waals surface area (Å²) < 4.78 is 0. The molecule has 0 aliphatic carbocycles. The van der Waals surface area contributed by atoms with Crippen molar-refractivity contribution in [3.63, 3.8) is 0 Å². The Labute approximate surface area is 170 Å². The van der Waals surface area contributed by atoms with Crippen LogP contribution in [0.1, 0.15) is 16.7 Å². The van der Waals surface area contributed by atoms with E-state index in [1.54, 1.807) is 6.08 Å². The molecule has 1 aliphatic heterocycles. The maximum absolute atomic E-state index is 12.5. The number of aryl methyl sites for hydroxylation is 1. The number of nitrogens with zero attached hydrogens (tertiary/aromatic N) is 3. The molecule has 8 nitrogen and oxygen atoms in total. The molecule has 9 heteroatoms. The lowest BCUT2D eigenvalue weighted by atomic mass is 10.1. The van der Waals surface area contributed by atoms with E-state index in [2.05, 4.69) is 4.99 Å². The average molecular weight is 410 g/mol. The molecule has 1 fully saturated rings. The van der Waals surface area contributed by atoms with Gasteiger partial charge in [-0.15, -0.1) is 0 Å². The first-order chi connectivity index (χ1) is 13.8. The van der Waals surface area contributed by atoms with Crippen LogP contribution in [0.2, 0.25) is 0 Å². The maximum atomic E-state index is 12.5. The molecule has 0 saturated carbocycles. The molecule has 0 radical (unpaired) electrons. The van der Waals surface area contributed by atoms with Crippen molar-refractivity contribution in [1.29, 1.82) is 0 Å². The Morgan fingerprint density at radius 2 is 1.90 bits per heavy atom. The first-order valence-electron chi connectivity index (χ1n) is 8.62. The highest BCUT2D eigenvalue weighted by molar-refractivity contribution is 8.18. The highest BCUT2D eigenvalue weighted by Crippen LogP contribution is 2.32. The molecule has 1 saturated heterocycles. The first-order valence-corrected chi connectivity index (χ1v) is 9.44. The minimum Gasteiger partial charge on any atom is -0.872 e. The third kappa shape index (κ3) is 4.88. The lowest BCUT2D eigenvalue weighted by Crippen LogP contribution is -2.30. The van der Waals surface area contributed by atoms with Gasteiger partial charge >= 0.3 is 0 Å². The number of thioether (sulfide) groups is 1. The van der Waals surface area contributed by atoms with Gasteiger partial charge in [0.2, 0.25) is 0 Å². The molecule has 2 aromatic rings. The van der Waals surface area contributed by atoms with E-state index in [1.807, 2.05) is 31.2 Å². The maximum Gasteiger partial charge on any atom is 0.293 e. The summed E-state index contributed by atoms with van der Waals surface area (Å²) in [4.78, 5) is 40.2. The quantitative estimate of drug-likeness (QED) is 0.313. The smallest absolute Gasteiger partial charge is 0.293 e. The van der Waals surface area contributed by atoms with Crippen molar-refractivity contribution in [3.8, 4) is 5.75 Å². The van der Waals surface area contributed by atoms with Crippen molar-refractivity contribution in [3.05, 3.63) is 74.2 Å². The topological polar surface area (TPSA) is 116 Å². The van der Waals surface area contributed by atoms with Crippen molar-refractivity contribution in [2.75, 3.05) is 13.1 Å². The number of aliphatic imine (C=N–C) groups is 1. The predicted octanol–water partition coefficient (Wildman–Crippen LogP) is 3.13. The third-order valence-corrected chi connectivity index (χ3v) is 5.04. The lowest BCUT2D eigenvalue weighted by Gasteiger charge is -2.11. The molecule has 0 N–H and O–H groups in total. The molecule has 29 heavy (non-hydrogen) atoms. The Kier molecular flexibility index (Phi) is 6.08. The fourth-order valence-corrected chi connectivity index (χ4v) is 3.44. The first kappa shape index (κ1) is 20.3. The Morgan fingerprint density at radius 3 is 2.59 bits per heavy atom. The van der Waals surface area contributed by atoms with E-state index >= 15 is 0 Å². The van der Waals surface area contributed by atoms with Crippen molar-refractivity contribution < 1.29 is 19.6 Å². The van der Waals surface area contributed by atoms with Gasteiger partial charge < -0.3 is 5.11 Å². The highest BCUT2D eigenvalue weighted by atomic mass is 32.2. The van der Waals surface area contributed by atoms with E-state index in [0.717, 1.165) is 46.0 Å². The lowest BCUT2D eigenvalue weighted by molar-refractivity contribution is -0.385. The van der Waals surface area contributed by atoms with Gasteiger partial charge in [0.05, 0.1) is 16.4 Å². The third-order valence-electron chi connectivity index (χ3n) is 4.14. The van der Waals surface area contributed by atoms with E-state index in [0.29, 0.717) is 4.91 Å². The van der Waals surface area contributed by atoms with Gasteiger partial charge in [0.15, 0.2) is 0 Å². The van der Waals surface area contributed by atoms with Crippen LogP contribution in [-0.2, 0) is 4.79 Å². The van der Waals surface area contributed by atoms with E-state index in [4.69, 9.17) is 0 Å². The average Bonchev–Trinajstić information content (AvgIpc) is 2.95. The second-order valence-corrected chi connectivity index (χ2v) is 7.25. The summed E-state index contributed by atoms with van der Waals surface area (Å²) in [5.41, 5.74) is 1.79. The Bertz CT molecular complexity index is 1030. The number of rotatable bonds is 6. The molecule has 0 unspecified atom stereocenters. The van der Waals surface area contributed by atoms with Crippen LogP contribution in [0.4, 0.5) is 10.5 Å². The van der Waals surface area contributed by atoms with Gasteiger partial charge in [0.25, 0.3) is 16.8 Å². The number of amides is 2. The summed E-state index contributed by atoms with van der Waals surface area (Å²) in [6.45, 7) is 2.09. The predicted molar refractivity (Wildman–Crippen MR) is 109 cm³/mol. The van der Waals surface area contributed by atoms with Crippen molar-refractivity contribution in [2.45, 2.75) is 6.92 Å². The summed E-state index contributed by atoms with van der Waals surface area (Å²) >= 11 is 0.865. The van der Waals surface area contributed by atoms with Crippen LogP contribution in [0.25, 0.3) is 6.08 Å². The Morgan fingerprint density at radius 1 is 1.17 bits per heavy atom. The van der Waals surface area contributed by atoms with E-state index in [1.165, 1.54) is 6.21 Å². The summed E-state index contributed by atoms with van der Waals surface area (Å²) in [5.74, 6) is -0.790. The molecular weight excluding hydrogens is 394 g/mol. The molecule has 1 heterocycles.